The van der Waals surface area contributed by atoms with Crippen molar-refractivity contribution in [1.82, 2.24) is 0 Å². The number of nitrogens with zero attached hydrogens (tertiary/aromatic N) is 1. The maximum Gasteiger partial charge on any atom is 0.236 e. The number of benzene rings is 1. The highest BCUT2D eigenvalue weighted by atomic mass is 32.1. The van der Waals surface area contributed by atoms with Gasteiger partial charge in [0.25, 0.3) is 0 Å². The molecule has 0 aromatic heterocycles. The van der Waals surface area contributed by atoms with Gasteiger partial charge in [0.15, 0.2) is 0 Å². The van der Waals surface area contributed by atoms with Crippen LogP contribution in [0.15, 0.2) is 24.3 Å². The van der Waals surface area contributed by atoms with Crippen molar-refractivity contribution in [2.75, 3.05) is 19.1 Å². The van der Waals surface area contributed by atoms with Gasteiger partial charge in [0.2, 0.25) is 5.91 Å². The number of ether oxygens (including phenoxy) is 1. The van der Waals surface area contributed by atoms with E-state index in [2.05, 4.69) is 0 Å². The molecule has 0 aliphatic heterocycles. The normalized spacial score (nSPS) is 11.7. The molecule has 98 valence electrons. The smallest absolute Gasteiger partial charge is 0.236 e. The number of carbonyl (C=O) groups excluding carboxylic acids is 1. The van der Waals surface area contributed by atoms with Crippen molar-refractivity contribution >= 4 is 28.8 Å². The molecule has 0 heterocycles. The second-order valence-corrected chi connectivity index (χ2v) is 4.43. The van der Waals surface area contributed by atoms with E-state index in [0.29, 0.717) is 6.42 Å². The van der Waals surface area contributed by atoms with Crippen LogP contribution in [0.5, 0.6) is 5.75 Å². The van der Waals surface area contributed by atoms with E-state index in [-0.39, 0.29) is 10.9 Å². The summed E-state index contributed by atoms with van der Waals surface area (Å²) in [6.45, 7) is 1.89. The number of hydrogen-bond donors (Lipinski definition) is 1. The molecule has 1 aromatic rings. The Morgan fingerprint density at radius 2 is 2.00 bits per heavy atom. The minimum atomic E-state index is -0.410. The first-order chi connectivity index (χ1) is 8.51. The molecule has 0 bridgehead atoms. The summed E-state index contributed by atoms with van der Waals surface area (Å²) in [6, 6.07) is 7.26. The minimum absolute atomic E-state index is 0.0878. The highest BCUT2D eigenvalue weighted by Crippen LogP contribution is 2.20. The molecule has 1 amide bonds. The lowest BCUT2D eigenvalue weighted by atomic mass is 10.1. The van der Waals surface area contributed by atoms with Gasteiger partial charge >= 0.3 is 0 Å². The Morgan fingerprint density at radius 1 is 1.44 bits per heavy atom. The molecule has 1 unspecified atom stereocenters. The van der Waals surface area contributed by atoms with Crippen LogP contribution in [0.4, 0.5) is 5.69 Å². The number of thiocarbonyl (C=S) groups is 1. The first kappa shape index (κ1) is 14.4. The fraction of sp³-hybridized carbons (Fsp3) is 0.385. The zero-order valence-corrected chi connectivity index (χ0v) is 11.7. The maximum absolute atomic E-state index is 12.2. The predicted molar refractivity (Wildman–Crippen MR) is 77.0 cm³/mol. The molecule has 0 aliphatic carbocycles. The van der Waals surface area contributed by atoms with Gasteiger partial charge in [-0.25, -0.2) is 0 Å². The summed E-state index contributed by atoms with van der Waals surface area (Å²) in [5.41, 5.74) is 6.36. The van der Waals surface area contributed by atoms with E-state index in [1.807, 2.05) is 19.1 Å². The largest absolute Gasteiger partial charge is 0.497 e. The van der Waals surface area contributed by atoms with Crippen LogP contribution in [-0.2, 0) is 4.79 Å². The van der Waals surface area contributed by atoms with Crippen molar-refractivity contribution in [1.29, 1.82) is 0 Å². The number of amides is 1. The maximum atomic E-state index is 12.2. The van der Waals surface area contributed by atoms with E-state index in [0.717, 1.165) is 11.4 Å². The fourth-order valence-corrected chi connectivity index (χ4v) is 1.93. The molecule has 0 fully saturated rings. The average Bonchev–Trinajstić information content (AvgIpc) is 2.38. The van der Waals surface area contributed by atoms with Gasteiger partial charge in [0, 0.05) is 12.7 Å². The van der Waals surface area contributed by atoms with Gasteiger partial charge in [-0.3, -0.25) is 4.79 Å². The van der Waals surface area contributed by atoms with E-state index in [4.69, 9.17) is 22.7 Å². The van der Waals surface area contributed by atoms with Gasteiger partial charge in [0.1, 0.15) is 5.75 Å². The topological polar surface area (TPSA) is 55.6 Å². The molecule has 0 saturated heterocycles. The van der Waals surface area contributed by atoms with E-state index in [9.17, 15) is 4.79 Å². The summed E-state index contributed by atoms with van der Waals surface area (Å²) in [5, 5.41) is 0. The summed E-state index contributed by atoms with van der Waals surface area (Å²) in [7, 11) is 3.31. The van der Waals surface area contributed by atoms with Gasteiger partial charge in [-0.05, 0) is 30.7 Å². The monoisotopic (exact) mass is 266 g/mol. The average molecular weight is 266 g/mol. The van der Waals surface area contributed by atoms with Crippen molar-refractivity contribution in [3.05, 3.63) is 24.3 Å². The van der Waals surface area contributed by atoms with E-state index in [1.165, 1.54) is 0 Å². The summed E-state index contributed by atoms with van der Waals surface area (Å²) >= 11 is 4.91. The molecule has 2 N–H and O–H groups in total. The minimum Gasteiger partial charge on any atom is -0.497 e. The van der Waals surface area contributed by atoms with Gasteiger partial charge in [-0.2, -0.15) is 0 Å². The molecule has 0 aliphatic rings. The SMILES string of the molecule is CCC(C(=O)N(C)c1ccc(OC)cc1)C(N)=S. The zero-order valence-electron chi connectivity index (χ0n) is 10.8. The molecule has 1 aromatic carbocycles. The summed E-state index contributed by atoms with van der Waals surface area (Å²) < 4.78 is 5.07. The Morgan fingerprint density at radius 3 is 2.39 bits per heavy atom. The van der Waals surface area contributed by atoms with Gasteiger partial charge < -0.3 is 15.4 Å². The molecule has 0 radical (unpaired) electrons. The number of carbonyl (C=O) groups is 1. The van der Waals surface area contributed by atoms with Gasteiger partial charge in [-0.15, -0.1) is 0 Å². The number of nitrogens with two attached hydrogens (primary N) is 1. The summed E-state index contributed by atoms with van der Waals surface area (Å²) in [5.74, 6) is 0.253. The van der Waals surface area contributed by atoms with Gasteiger partial charge in [0.05, 0.1) is 18.0 Å². The van der Waals surface area contributed by atoms with Crippen molar-refractivity contribution in [3.8, 4) is 5.75 Å². The first-order valence-corrected chi connectivity index (χ1v) is 6.13. The fourth-order valence-electron chi connectivity index (χ4n) is 1.66. The third kappa shape index (κ3) is 3.20. The van der Waals surface area contributed by atoms with Crippen LogP contribution in [0.2, 0.25) is 0 Å². The number of rotatable bonds is 5. The van der Waals surface area contributed by atoms with Crippen LogP contribution in [0.1, 0.15) is 13.3 Å². The predicted octanol–water partition coefficient (Wildman–Crippen LogP) is 1.97. The Balaban J connectivity index is 2.88. The molecule has 1 rings (SSSR count). The highest BCUT2D eigenvalue weighted by Gasteiger charge is 2.23. The van der Waals surface area contributed by atoms with Crippen LogP contribution in [0.25, 0.3) is 0 Å². The molecule has 4 nitrogen and oxygen atoms in total. The van der Waals surface area contributed by atoms with Crippen LogP contribution in [0.3, 0.4) is 0 Å². The van der Waals surface area contributed by atoms with E-state index in [1.54, 1.807) is 31.2 Å². The first-order valence-electron chi connectivity index (χ1n) is 5.72. The summed E-state index contributed by atoms with van der Waals surface area (Å²) in [6.07, 6.45) is 0.606. The quantitative estimate of drug-likeness (QED) is 0.828. The highest BCUT2D eigenvalue weighted by molar-refractivity contribution is 7.80. The molecular weight excluding hydrogens is 248 g/mol. The standard InChI is InChI=1S/C13H18N2O2S/c1-4-11(12(14)18)13(16)15(2)9-5-7-10(17-3)8-6-9/h5-8,11H,4H2,1-3H3,(H2,14,18). The van der Waals surface area contributed by atoms with Crippen LogP contribution in [0, 0.1) is 5.92 Å². The lowest BCUT2D eigenvalue weighted by molar-refractivity contribution is -0.120. The third-order valence-electron chi connectivity index (χ3n) is 2.84. The van der Waals surface area contributed by atoms with Gasteiger partial charge in [-0.1, -0.05) is 19.1 Å². The number of hydrogen-bond acceptors (Lipinski definition) is 3. The molecular formula is C13H18N2O2S. The molecule has 0 saturated carbocycles. The third-order valence-corrected chi connectivity index (χ3v) is 3.12. The number of methoxy groups -OCH3 is 1. The van der Waals surface area contributed by atoms with E-state index < -0.39 is 5.92 Å². The second-order valence-electron chi connectivity index (χ2n) is 3.96. The van der Waals surface area contributed by atoms with Crippen molar-refractivity contribution in [2.45, 2.75) is 13.3 Å². The Kier molecular flexibility index (Phi) is 5.09. The van der Waals surface area contributed by atoms with Crippen LogP contribution < -0.4 is 15.4 Å². The van der Waals surface area contributed by atoms with Crippen LogP contribution in [-0.4, -0.2) is 25.1 Å². The lowest BCUT2D eigenvalue weighted by Crippen LogP contribution is -2.38. The summed E-state index contributed by atoms with van der Waals surface area (Å²) in [4.78, 5) is 14.0. The Bertz CT molecular complexity index is 431. The van der Waals surface area contributed by atoms with Crippen molar-refractivity contribution < 1.29 is 9.53 Å². The van der Waals surface area contributed by atoms with Crippen LogP contribution >= 0.6 is 12.2 Å². The molecule has 1 atom stereocenters. The zero-order chi connectivity index (χ0) is 13.7. The second kappa shape index (κ2) is 6.35. The van der Waals surface area contributed by atoms with Crippen molar-refractivity contribution in [2.24, 2.45) is 11.7 Å². The molecule has 0 spiro atoms. The number of anilines is 1. The van der Waals surface area contributed by atoms with E-state index >= 15 is 0 Å². The molecule has 5 heteroatoms. The Labute approximate surface area is 113 Å². The molecule has 18 heavy (non-hydrogen) atoms. The lowest BCUT2D eigenvalue weighted by Gasteiger charge is -2.22. The Hall–Kier alpha value is -1.62. The van der Waals surface area contributed by atoms with Crippen molar-refractivity contribution in [3.63, 3.8) is 0 Å².